The highest BCUT2D eigenvalue weighted by molar-refractivity contribution is 5.65. The summed E-state index contributed by atoms with van der Waals surface area (Å²) in [5.41, 5.74) is 2.94. The monoisotopic (exact) mass is 282 g/mol. The molecule has 0 unspecified atom stereocenters. The molecule has 0 amide bonds. The zero-order chi connectivity index (χ0) is 14.7. The molecule has 0 bridgehead atoms. The molecule has 110 valence electrons. The second kappa shape index (κ2) is 6.27. The van der Waals surface area contributed by atoms with Crippen LogP contribution >= 0.6 is 0 Å². The smallest absolute Gasteiger partial charge is 0.141 e. The van der Waals surface area contributed by atoms with Crippen LogP contribution in [0.25, 0.3) is 11.3 Å². The van der Waals surface area contributed by atoms with Crippen LogP contribution in [0.5, 0.6) is 5.75 Å². The summed E-state index contributed by atoms with van der Waals surface area (Å²) in [7, 11) is 0. The Morgan fingerprint density at radius 1 is 1.05 bits per heavy atom. The molecule has 0 saturated carbocycles. The van der Waals surface area contributed by atoms with Gasteiger partial charge in [0, 0.05) is 17.8 Å². The minimum atomic E-state index is 0.231. The van der Waals surface area contributed by atoms with E-state index in [1.54, 1.807) is 18.3 Å². The van der Waals surface area contributed by atoms with E-state index >= 15 is 0 Å². The maximum atomic E-state index is 9.88. The molecule has 0 radical (unpaired) electrons. The predicted octanol–water partition coefficient (Wildman–Crippen LogP) is 4.00. The van der Waals surface area contributed by atoms with Gasteiger partial charge in [-0.05, 0) is 50.6 Å². The lowest BCUT2D eigenvalue weighted by Crippen LogP contribution is -2.32. The number of aromatic hydroxyl groups is 1. The van der Waals surface area contributed by atoms with Crippen molar-refractivity contribution in [1.82, 2.24) is 9.88 Å². The maximum Gasteiger partial charge on any atom is 0.141 e. The standard InChI is InChI=1S/C18H22N2O/c1-14(20-12-3-2-4-13-20)15-7-9-16(10-8-15)18-17(21)6-5-11-19-18/h5-11,14,21H,2-4,12-13H2,1H3/t14-/m0/s1. The number of piperidine rings is 1. The summed E-state index contributed by atoms with van der Waals surface area (Å²) in [5.74, 6) is 0.231. The van der Waals surface area contributed by atoms with Crippen molar-refractivity contribution in [2.24, 2.45) is 0 Å². The van der Waals surface area contributed by atoms with Crippen molar-refractivity contribution in [1.29, 1.82) is 0 Å². The average Bonchev–Trinajstić information content (AvgIpc) is 2.56. The third-order valence-corrected chi connectivity index (χ3v) is 4.39. The van der Waals surface area contributed by atoms with Crippen LogP contribution in [0.1, 0.15) is 37.8 Å². The molecule has 1 saturated heterocycles. The topological polar surface area (TPSA) is 36.4 Å². The van der Waals surface area contributed by atoms with Crippen LogP contribution in [-0.2, 0) is 0 Å². The van der Waals surface area contributed by atoms with Gasteiger partial charge in [-0.2, -0.15) is 0 Å². The number of hydrogen-bond acceptors (Lipinski definition) is 3. The highest BCUT2D eigenvalue weighted by Gasteiger charge is 2.18. The van der Waals surface area contributed by atoms with E-state index < -0.39 is 0 Å². The fourth-order valence-corrected chi connectivity index (χ4v) is 3.06. The second-order valence-corrected chi connectivity index (χ2v) is 5.77. The van der Waals surface area contributed by atoms with Crippen molar-refractivity contribution in [2.75, 3.05) is 13.1 Å². The highest BCUT2D eigenvalue weighted by Crippen LogP contribution is 2.29. The maximum absolute atomic E-state index is 9.88. The molecule has 0 aliphatic carbocycles. The minimum Gasteiger partial charge on any atom is -0.506 e. The van der Waals surface area contributed by atoms with E-state index in [0.717, 1.165) is 5.56 Å². The Hall–Kier alpha value is -1.87. The van der Waals surface area contributed by atoms with Crippen LogP contribution in [0.3, 0.4) is 0 Å². The molecule has 3 rings (SSSR count). The molecule has 21 heavy (non-hydrogen) atoms. The average molecular weight is 282 g/mol. The van der Waals surface area contributed by atoms with Crippen LogP contribution in [0.4, 0.5) is 0 Å². The van der Waals surface area contributed by atoms with Crippen LogP contribution in [0, 0.1) is 0 Å². The summed E-state index contributed by atoms with van der Waals surface area (Å²) in [5, 5.41) is 9.88. The van der Waals surface area contributed by atoms with E-state index in [1.807, 2.05) is 0 Å². The van der Waals surface area contributed by atoms with Crippen molar-refractivity contribution >= 4 is 0 Å². The van der Waals surface area contributed by atoms with Crippen LogP contribution < -0.4 is 0 Å². The van der Waals surface area contributed by atoms with Crippen LogP contribution in [-0.4, -0.2) is 28.1 Å². The molecular weight excluding hydrogens is 260 g/mol. The molecule has 1 aromatic heterocycles. The van der Waals surface area contributed by atoms with E-state index in [-0.39, 0.29) is 5.75 Å². The van der Waals surface area contributed by atoms with Gasteiger partial charge < -0.3 is 5.11 Å². The largest absolute Gasteiger partial charge is 0.506 e. The SMILES string of the molecule is C[C@@H](c1ccc(-c2ncccc2O)cc1)N1CCCCC1. The van der Waals surface area contributed by atoms with Gasteiger partial charge in [0.15, 0.2) is 0 Å². The van der Waals surface area contributed by atoms with Gasteiger partial charge in [0.1, 0.15) is 11.4 Å². The molecule has 1 aliphatic rings. The van der Waals surface area contributed by atoms with Gasteiger partial charge in [-0.3, -0.25) is 9.88 Å². The number of rotatable bonds is 3. The molecule has 1 atom stereocenters. The first-order valence-electron chi connectivity index (χ1n) is 7.74. The Labute approximate surface area is 126 Å². The fourth-order valence-electron chi connectivity index (χ4n) is 3.06. The first-order chi connectivity index (χ1) is 10.3. The van der Waals surface area contributed by atoms with Crippen molar-refractivity contribution in [2.45, 2.75) is 32.2 Å². The van der Waals surface area contributed by atoms with Crippen molar-refractivity contribution in [3.8, 4) is 17.0 Å². The van der Waals surface area contributed by atoms with Crippen LogP contribution in [0.15, 0.2) is 42.6 Å². The molecule has 1 fully saturated rings. The molecular formula is C18H22N2O. The molecule has 2 aromatic rings. The summed E-state index contributed by atoms with van der Waals surface area (Å²) in [6.07, 6.45) is 5.69. The summed E-state index contributed by atoms with van der Waals surface area (Å²) in [6, 6.07) is 12.3. The van der Waals surface area contributed by atoms with E-state index in [0.29, 0.717) is 11.7 Å². The van der Waals surface area contributed by atoms with E-state index in [2.05, 4.69) is 41.1 Å². The molecule has 1 N–H and O–H groups in total. The number of nitrogens with zero attached hydrogens (tertiary/aromatic N) is 2. The number of benzene rings is 1. The second-order valence-electron chi connectivity index (χ2n) is 5.77. The van der Waals surface area contributed by atoms with E-state index in [1.165, 1.54) is 37.9 Å². The Balaban J connectivity index is 1.79. The molecule has 2 heterocycles. The first-order valence-corrected chi connectivity index (χ1v) is 7.74. The number of hydrogen-bond donors (Lipinski definition) is 1. The van der Waals surface area contributed by atoms with Gasteiger partial charge in [-0.25, -0.2) is 0 Å². The molecule has 3 nitrogen and oxygen atoms in total. The third-order valence-electron chi connectivity index (χ3n) is 4.39. The van der Waals surface area contributed by atoms with Crippen molar-refractivity contribution in [3.05, 3.63) is 48.2 Å². The van der Waals surface area contributed by atoms with Gasteiger partial charge >= 0.3 is 0 Å². The predicted molar refractivity (Wildman–Crippen MR) is 85.2 cm³/mol. The Morgan fingerprint density at radius 2 is 1.76 bits per heavy atom. The van der Waals surface area contributed by atoms with E-state index in [9.17, 15) is 5.11 Å². The molecule has 1 aromatic carbocycles. The Morgan fingerprint density at radius 3 is 2.43 bits per heavy atom. The quantitative estimate of drug-likeness (QED) is 0.924. The van der Waals surface area contributed by atoms with Gasteiger partial charge in [-0.15, -0.1) is 0 Å². The van der Waals surface area contributed by atoms with Crippen LogP contribution in [0.2, 0.25) is 0 Å². The van der Waals surface area contributed by atoms with Crippen molar-refractivity contribution in [3.63, 3.8) is 0 Å². The lowest BCUT2D eigenvalue weighted by atomic mass is 10.0. The number of pyridine rings is 1. The van der Waals surface area contributed by atoms with Gasteiger partial charge in [0.2, 0.25) is 0 Å². The van der Waals surface area contributed by atoms with E-state index in [4.69, 9.17) is 0 Å². The summed E-state index contributed by atoms with van der Waals surface area (Å²) in [4.78, 5) is 6.80. The normalized spacial score (nSPS) is 17.6. The highest BCUT2D eigenvalue weighted by atomic mass is 16.3. The van der Waals surface area contributed by atoms with Gasteiger partial charge in [0.25, 0.3) is 0 Å². The first kappa shape index (κ1) is 14.1. The Bertz CT molecular complexity index is 588. The third kappa shape index (κ3) is 3.08. The number of likely N-dealkylation sites (tertiary alicyclic amines) is 1. The van der Waals surface area contributed by atoms with Crippen molar-refractivity contribution < 1.29 is 5.11 Å². The summed E-state index contributed by atoms with van der Waals surface area (Å²) < 4.78 is 0. The zero-order valence-corrected chi connectivity index (χ0v) is 12.5. The fraction of sp³-hybridized carbons (Fsp3) is 0.389. The van der Waals surface area contributed by atoms with Gasteiger partial charge in [0.05, 0.1) is 0 Å². The minimum absolute atomic E-state index is 0.231. The Kier molecular flexibility index (Phi) is 4.20. The lowest BCUT2D eigenvalue weighted by Gasteiger charge is -2.32. The summed E-state index contributed by atoms with van der Waals surface area (Å²) >= 11 is 0. The summed E-state index contributed by atoms with van der Waals surface area (Å²) in [6.45, 7) is 4.67. The zero-order valence-electron chi connectivity index (χ0n) is 12.5. The molecule has 1 aliphatic heterocycles. The molecule has 3 heteroatoms. The van der Waals surface area contributed by atoms with Gasteiger partial charge in [-0.1, -0.05) is 30.7 Å². The number of aromatic nitrogens is 1. The molecule has 0 spiro atoms. The lowest BCUT2D eigenvalue weighted by molar-refractivity contribution is 0.175.